The van der Waals surface area contributed by atoms with Gasteiger partial charge in [-0.15, -0.1) is 0 Å². The number of hydrogen-bond acceptors (Lipinski definition) is 7. The molecule has 3 amide bonds. The number of carbonyl (C=O) groups excluding carboxylic acids is 3. The Labute approximate surface area is 212 Å². The van der Waals surface area contributed by atoms with Crippen molar-refractivity contribution in [3.05, 3.63) is 64.6 Å². The van der Waals surface area contributed by atoms with Crippen molar-refractivity contribution in [3.8, 4) is 0 Å². The van der Waals surface area contributed by atoms with Crippen LogP contribution < -0.4 is 10.2 Å². The molecule has 1 N–H and O–H groups in total. The van der Waals surface area contributed by atoms with Gasteiger partial charge >= 0.3 is 0 Å². The van der Waals surface area contributed by atoms with Gasteiger partial charge in [0.25, 0.3) is 11.8 Å². The van der Waals surface area contributed by atoms with Gasteiger partial charge in [-0.2, -0.15) is 0 Å². The normalized spacial score (nSPS) is 23.2. The minimum atomic E-state index is -3.23. The van der Waals surface area contributed by atoms with Crippen molar-refractivity contribution >= 4 is 72.8 Å². The molecule has 180 valence electrons. The van der Waals surface area contributed by atoms with Crippen LogP contribution in [-0.2, 0) is 24.2 Å². The fourth-order valence-corrected chi connectivity index (χ4v) is 7.72. The minimum absolute atomic E-state index is 0.00617. The van der Waals surface area contributed by atoms with Crippen LogP contribution in [0.25, 0.3) is 5.57 Å². The van der Waals surface area contributed by atoms with Gasteiger partial charge in [-0.1, -0.05) is 54.3 Å². The van der Waals surface area contributed by atoms with Gasteiger partial charge in [0.15, 0.2) is 9.84 Å². The Morgan fingerprint density at radius 1 is 1.14 bits per heavy atom. The van der Waals surface area contributed by atoms with Gasteiger partial charge < -0.3 is 5.32 Å². The summed E-state index contributed by atoms with van der Waals surface area (Å²) < 4.78 is 24.2. The number of anilines is 2. The first-order valence-corrected chi connectivity index (χ1v) is 14.0. The summed E-state index contributed by atoms with van der Waals surface area (Å²) in [6, 6.07) is 13.8. The topological polar surface area (TPSA) is 104 Å². The molecule has 0 spiro atoms. The Balaban J connectivity index is 1.45. The zero-order valence-electron chi connectivity index (χ0n) is 18.7. The molecule has 5 rings (SSSR count). The Morgan fingerprint density at radius 2 is 1.91 bits per heavy atom. The smallest absolute Gasteiger partial charge is 0.267 e. The van der Waals surface area contributed by atoms with E-state index in [-0.39, 0.29) is 38.8 Å². The van der Waals surface area contributed by atoms with E-state index in [1.807, 2.05) is 25.1 Å². The Morgan fingerprint density at radius 3 is 2.63 bits per heavy atom. The maximum absolute atomic E-state index is 13.5. The highest BCUT2D eigenvalue weighted by Gasteiger charge is 2.46. The molecule has 3 aliphatic heterocycles. The number of amides is 3. The fraction of sp³-hybridized carbons (Fsp3) is 0.250. The van der Waals surface area contributed by atoms with E-state index in [4.69, 9.17) is 12.2 Å². The van der Waals surface area contributed by atoms with E-state index in [1.54, 1.807) is 30.3 Å². The van der Waals surface area contributed by atoms with Gasteiger partial charge in [0, 0.05) is 11.3 Å². The van der Waals surface area contributed by atoms with E-state index >= 15 is 0 Å². The van der Waals surface area contributed by atoms with E-state index in [1.165, 1.54) is 9.80 Å². The molecule has 2 aromatic rings. The van der Waals surface area contributed by atoms with Gasteiger partial charge in [0.2, 0.25) is 5.91 Å². The van der Waals surface area contributed by atoms with Crippen LogP contribution in [0.4, 0.5) is 11.4 Å². The van der Waals surface area contributed by atoms with E-state index in [0.717, 1.165) is 17.3 Å². The van der Waals surface area contributed by atoms with Crippen LogP contribution in [0.2, 0.25) is 0 Å². The van der Waals surface area contributed by atoms with E-state index in [2.05, 4.69) is 5.32 Å². The molecule has 3 heterocycles. The first-order valence-electron chi connectivity index (χ1n) is 10.9. The molecule has 1 atom stereocenters. The van der Waals surface area contributed by atoms with Crippen LogP contribution in [0.3, 0.4) is 0 Å². The highest BCUT2D eigenvalue weighted by Crippen LogP contribution is 2.45. The second kappa shape index (κ2) is 8.89. The monoisotopic (exact) mass is 527 g/mol. The number of hydrogen-bond donors (Lipinski definition) is 1. The van der Waals surface area contributed by atoms with Crippen molar-refractivity contribution in [3.63, 3.8) is 0 Å². The zero-order valence-corrected chi connectivity index (χ0v) is 21.1. The van der Waals surface area contributed by atoms with Crippen molar-refractivity contribution < 1.29 is 22.8 Å². The summed E-state index contributed by atoms with van der Waals surface area (Å²) in [6.45, 7) is 1.69. The highest BCUT2D eigenvalue weighted by atomic mass is 32.2. The minimum Gasteiger partial charge on any atom is -0.325 e. The lowest BCUT2D eigenvalue weighted by atomic mass is 10.1. The average Bonchev–Trinajstić information content (AvgIpc) is 3.39. The second-order valence-electron chi connectivity index (χ2n) is 8.63. The first kappa shape index (κ1) is 23.7. The summed E-state index contributed by atoms with van der Waals surface area (Å²) in [5.74, 6) is -1.44. The largest absolute Gasteiger partial charge is 0.325 e. The number of nitrogens with zero attached hydrogens (tertiary/aromatic N) is 2. The Kier molecular flexibility index (Phi) is 6.02. The number of aryl methyl sites for hydroxylation is 1. The van der Waals surface area contributed by atoms with Crippen molar-refractivity contribution in [2.75, 3.05) is 28.3 Å². The average molecular weight is 528 g/mol. The molecule has 0 saturated carbocycles. The summed E-state index contributed by atoms with van der Waals surface area (Å²) in [7, 11) is -3.23. The maximum Gasteiger partial charge on any atom is 0.267 e. The van der Waals surface area contributed by atoms with Crippen LogP contribution in [0.5, 0.6) is 0 Å². The SMILES string of the molecule is Cc1cccc(NC(=O)CN2C(=O)/C(=C3\SC(=S)N(C4CCS(=O)(=O)C4)C3=O)c3ccccc32)c1. The van der Waals surface area contributed by atoms with E-state index < -0.39 is 27.7 Å². The molecule has 35 heavy (non-hydrogen) atoms. The van der Waals surface area contributed by atoms with Gasteiger partial charge in [0.05, 0.1) is 33.7 Å². The second-order valence-corrected chi connectivity index (χ2v) is 12.5. The summed E-state index contributed by atoms with van der Waals surface area (Å²) in [6.07, 6.45) is 0.313. The predicted molar refractivity (Wildman–Crippen MR) is 140 cm³/mol. The molecular formula is C24H21N3O5S3. The summed E-state index contributed by atoms with van der Waals surface area (Å²) in [4.78, 5) is 42.5. The number of fused-ring (bicyclic) bond motifs is 1. The Hall–Kier alpha value is -3.02. The molecule has 1 unspecified atom stereocenters. The number of benzene rings is 2. The third kappa shape index (κ3) is 4.39. The molecule has 2 saturated heterocycles. The number of thiocarbonyl (C=S) groups is 1. The van der Waals surface area contributed by atoms with Gasteiger partial charge in [-0.25, -0.2) is 8.42 Å². The van der Waals surface area contributed by atoms with E-state index in [0.29, 0.717) is 23.4 Å². The van der Waals surface area contributed by atoms with Crippen LogP contribution in [0.15, 0.2) is 53.4 Å². The van der Waals surface area contributed by atoms with Crippen molar-refractivity contribution in [2.24, 2.45) is 0 Å². The lowest BCUT2D eigenvalue weighted by Gasteiger charge is -2.21. The number of thioether (sulfide) groups is 1. The van der Waals surface area contributed by atoms with Gasteiger partial charge in [0.1, 0.15) is 10.9 Å². The lowest BCUT2D eigenvalue weighted by Crippen LogP contribution is -2.39. The summed E-state index contributed by atoms with van der Waals surface area (Å²) in [5, 5.41) is 2.81. The Bertz CT molecular complexity index is 1430. The third-order valence-electron chi connectivity index (χ3n) is 6.13. The zero-order chi connectivity index (χ0) is 24.9. The van der Waals surface area contributed by atoms with Crippen molar-refractivity contribution in [2.45, 2.75) is 19.4 Å². The van der Waals surface area contributed by atoms with Crippen LogP contribution in [0, 0.1) is 6.92 Å². The van der Waals surface area contributed by atoms with Crippen LogP contribution >= 0.6 is 24.0 Å². The molecule has 2 aromatic carbocycles. The van der Waals surface area contributed by atoms with Gasteiger partial charge in [-0.3, -0.25) is 24.2 Å². The molecular weight excluding hydrogens is 506 g/mol. The number of rotatable bonds is 4. The standard InChI is InChI=1S/C24H21N3O5S3/c1-14-5-4-6-15(11-14)25-19(28)12-26-18-8-3-2-7-17(18)20(22(26)29)21-23(30)27(24(33)34-21)16-9-10-35(31,32)13-16/h2-8,11,16H,9-10,12-13H2,1H3,(H,25,28)/b21-20-. The van der Waals surface area contributed by atoms with Gasteiger partial charge in [-0.05, 0) is 37.1 Å². The van der Waals surface area contributed by atoms with Crippen molar-refractivity contribution in [1.29, 1.82) is 0 Å². The molecule has 3 aliphatic rings. The quantitative estimate of drug-likeness (QED) is 0.482. The molecule has 11 heteroatoms. The van der Waals surface area contributed by atoms with Crippen LogP contribution in [0.1, 0.15) is 17.5 Å². The van der Waals surface area contributed by atoms with E-state index in [9.17, 15) is 22.8 Å². The molecule has 0 radical (unpaired) electrons. The van der Waals surface area contributed by atoms with Crippen LogP contribution in [-0.4, -0.2) is 59.5 Å². The lowest BCUT2D eigenvalue weighted by molar-refractivity contribution is -0.123. The predicted octanol–water partition coefficient (Wildman–Crippen LogP) is 2.74. The number of sulfone groups is 1. The third-order valence-corrected chi connectivity index (χ3v) is 9.28. The highest BCUT2D eigenvalue weighted by molar-refractivity contribution is 8.26. The molecule has 8 nitrogen and oxygen atoms in total. The summed E-state index contributed by atoms with van der Waals surface area (Å²) >= 11 is 6.41. The number of para-hydroxylation sites is 1. The fourth-order valence-electron chi connectivity index (χ4n) is 4.55. The van der Waals surface area contributed by atoms with Crippen molar-refractivity contribution in [1.82, 2.24) is 4.90 Å². The first-order chi connectivity index (χ1) is 16.6. The maximum atomic E-state index is 13.5. The number of carbonyl (C=O) groups is 3. The molecule has 0 aromatic heterocycles. The molecule has 0 bridgehead atoms. The number of nitrogens with one attached hydrogen (secondary N) is 1. The molecule has 0 aliphatic carbocycles. The summed E-state index contributed by atoms with van der Waals surface area (Å²) in [5.41, 5.74) is 2.87. The molecule has 2 fully saturated rings.